The van der Waals surface area contributed by atoms with Crippen LogP contribution >= 0.6 is 15.9 Å². The predicted molar refractivity (Wildman–Crippen MR) is 90.2 cm³/mol. The fourth-order valence-electron chi connectivity index (χ4n) is 2.08. The summed E-state index contributed by atoms with van der Waals surface area (Å²) < 4.78 is 1.12. The van der Waals surface area contributed by atoms with Gasteiger partial charge >= 0.3 is 0 Å². The Labute approximate surface area is 129 Å². The molecule has 2 rings (SSSR count). The Morgan fingerprint density at radius 3 is 2.40 bits per heavy atom. The van der Waals surface area contributed by atoms with Crippen LogP contribution in [0.1, 0.15) is 24.1 Å². The van der Waals surface area contributed by atoms with E-state index in [0.29, 0.717) is 6.04 Å². The van der Waals surface area contributed by atoms with Gasteiger partial charge in [-0.1, -0.05) is 40.2 Å². The topological polar surface area (TPSA) is 15.3 Å². The van der Waals surface area contributed by atoms with Gasteiger partial charge in [-0.3, -0.25) is 0 Å². The van der Waals surface area contributed by atoms with Crippen molar-refractivity contribution in [1.29, 1.82) is 0 Å². The zero-order valence-electron chi connectivity index (χ0n) is 12.2. The molecule has 1 N–H and O–H groups in total. The van der Waals surface area contributed by atoms with Gasteiger partial charge in [-0.25, -0.2) is 0 Å². The number of benzene rings is 2. The molecule has 20 heavy (non-hydrogen) atoms. The maximum absolute atomic E-state index is 3.56. The van der Waals surface area contributed by atoms with Gasteiger partial charge in [0.2, 0.25) is 0 Å². The van der Waals surface area contributed by atoms with Crippen LogP contribution in [0.15, 0.2) is 53.0 Å². The molecular weight excluding hydrogens is 312 g/mol. The minimum absolute atomic E-state index is 0.334. The van der Waals surface area contributed by atoms with E-state index >= 15 is 0 Å². The Kier molecular flexibility index (Phi) is 5.21. The Morgan fingerprint density at radius 1 is 1.10 bits per heavy atom. The van der Waals surface area contributed by atoms with Crippen LogP contribution in [-0.2, 0) is 6.54 Å². The molecule has 0 aromatic heterocycles. The van der Waals surface area contributed by atoms with Gasteiger partial charge in [0.1, 0.15) is 0 Å². The molecule has 0 heterocycles. The van der Waals surface area contributed by atoms with E-state index < -0.39 is 0 Å². The summed E-state index contributed by atoms with van der Waals surface area (Å²) in [4.78, 5) is 2.11. The highest BCUT2D eigenvalue weighted by Crippen LogP contribution is 2.18. The Bertz CT molecular complexity index is 549. The lowest BCUT2D eigenvalue weighted by atomic mass is 10.1. The number of nitrogens with one attached hydrogen (secondary N) is 1. The van der Waals surface area contributed by atoms with Crippen LogP contribution in [0.3, 0.4) is 0 Å². The largest absolute Gasteiger partial charge is 0.378 e. The van der Waals surface area contributed by atoms with Crippen LogP contribution in [0.5, 0.6) is 0 Å². The highest BCUT2D eigenvalue weighted by molar-refractivity contribution is 9.10. The molecule has 1 unspecified atom stereocenters. The molecule has 0 saturated carbocycles. The second kappa shape index (κ2) is 6.91. The van der Waals surface area contributed by atoms with Crippen molar-refractivity contribution in [2.45, 2.75) is 19.5 Å². The molecule has 3 heteroatoms. The molecule has 0 bridgehead atoms. The van der Waals surface area contributed by atoms with Gasteiger partial charge in [0.25, 0.3) is 0 Å². The van der Waals surface area contributed by atoms with Crippen molar-refractivity contribution in [3.8, 4) is 0 Å². The molecule has 106 valence electrons. The standard InChI is InChI=1S/C17H21BrN2/c1-13(15-5-4-6-16(18)11-15)19-12-14-7-9-17(10-8-14)20(2)3/h4-11,13,19H,12H2,1-3H3. The van der Waals surface area contributed by atoms with Gasteiger partial charge in [-0.05, 0) is 42.3 Å². The van der Waals surface area contributed by atoms with Crippen molar-refractivity contribution in [3.05, 3.63) is 64.1 Å². The van der Waals surface area contributed by atoms with Crippen LogP contribution in [0.4, 0.5) is 5.69 Å². The van der Waals surface area contributed by atoms with Crippen LogP contribution < -0.4 is 10.2 Å². The van der Waals surface area contributed by atoms with E-state index in [1.54, 1.807) is 0 Å². The zero-order chi connectivity index (χ0) is 14.5. The van der Waals surface area contributed by atoms with Crippen LogP contribution in [0, 0.1) is 0 Å². The highest BCUT2D eigenvalue weighted by atomic mass is 79.9. The summed E-state index contributed by atoms with van der Waals surface area (Å²) in [5.74, 6) is 0. The van der Waals surface area contributed by atoms with Crippen LogP contribution in [0.2, 0.25) is 0 Å². The molecule has 0 aliphatic rings. The van der Waals surface area contributed by atoms with E-state index in [0.717, 1.165) is 11.0 Å². The zero-order valence-corrected chi connectivity index (χ0v) is 13.8. The Morgan fingerprint density at radius 2 is 1.80 bits per heavy atom. The van der Waals surface area contributed by atoms with Crippen molar-refractivity contribution in [2.24, 2.45) is 0 Å². The molecule has 2 nitrogen and oxygen atoms in total. The van der Waals surface area contributed by atoms with Crippen molar-refractivity contribution in [1.82, 2.24) is 5.32 Å². The SMILES string of the molecule is CC(NCc1ccc(N(C)C)cc1)c1cccc(Br)c1. The molecule has 0 amide bonds. The van der Waals surface area contributed by atoms with E-state index in [1.165, 1.54) is 16.8 Å². The average Bonchev–Trinajstić information content (AvgIpc) is 2.45. The number of rotatable bonds is 5. The number of anilines is 1. The maximum Gasteiger partial charge on any atom is 0.0361 e. The first kappa shape index (κ1) is 15.1. The smallest absolute Gasteiger partial charge is 0.0361 e. The van der Waals surface area contributed by atoms with Crippen LogP contribution in [0.25, 0.3) is 0 Å². The van der Waals surface area contributed by atoms with Crippen molar-refractivity contribution in [3.63, 3.8) is 0 Å². The Balaban J connectivity index is 1.94. The molecule has 0 aliphatic carbocycles. The summed E-state index contributed by atoms with van der Waals surface area (Å²) >= 11 is 3.52. The third-order valence-corrected chi connectivity index (χ3v) is 3.91. The molecule has 0 fully saturated rings. The minimum atomic E-state index is 0.334. The average molecular weight is 333 g/mol. The summed E-state index contributed by atoms with van der Waals surface area (Å²) in [6, 6.07) is 17.4. The van der Waals surface area contributed by atoms with E-state index in [2.05, 4.69) is 95.7 Å². The van der Waals surface area contributed by atoms with E-state index in [9.17, 15) is 0 Å². The third-order valence-electron chi connectivity index (χ3n) is 3.41. The van der Waals surface area contributed by atoms with Crippen molar-refractivity contribution in [2.75, 3.05) is 19.0 Å². The molecule has 1 atom stereocenters. The summed E-state index contributed by atoms with van der Waals surface area (Å²) in [5.41, 5.74) is 3.83. The molecule has 0 spiro atoms. The summed E-state index contributed by atoms with van der Waals surface area (Å²) in [6.07, 6.45) is 0. The molecule has 0 radical (unpaired) electrons. The fourth-order valence-corrected chi connectivity index (χ4v) is 2.49. The summed E-state index contributed by atoms with van der Waals surface area (Å²) in [5, 5.41) is 3.56. The lowest BCUT2D eigenvalue weighted by Crippen LogP contribution is -2.18. The predicted octanol–water partition coefficient (Wildman–Crippen LogP) is 4.37. The van der Waals surface area contributed by atoms with Gasteiger partial charge in [0, 0.05) is 36.8 Å². The number of nitrogens with zero attached hydrogens (tertiary/aromatic N) is 1. The van der Waals surface area contributed by atoms with Crippen molar-refractivity contribution >= 4 is 21.6 Å². The minimum Gasteiger partial charge on any atom is -0.378 e. The van der Waals surface area contributed by atoms with E-state index in [-0.39, 0.29) is 0 Å². The van der Waals surface area contributed by atoms with Crippen molar-refractivity contribution < 1.29 is 0 Å². The third kappa shape index (κ3) is 4.09. The lowest BCUT2D eigenvalue weighted by Gasteiger charge is -2.16. The summed E-state index contributed by atoms with van der Waals surface area (Å²) in [6.45, 7) is 3.07. The van der Waals surface area contributed by atoms with Gasteiger partial charge in [0.05, 0.1) is 0 Å². The Hall–Kier alpha value is -1.32. The molecule has 2 aromatic rings. The maximum atomic E-state index is 3.56. The molecule has 0 saturated heterocycles. The lowest BCUT2D eigenvalue weighted by molar-refractivity contribution is 0.574. The fraction of sp³-hybridized carbons (Fsp3) is 0.294. The number of hydrogen-bond acceptors (Lipinski definition) is 2. The quantitative estimate of drug-likeness (QED) is 0.874. The molecule has 0 aliphatic heterocycles. The second-order valence-electron chi connectivity index (χ2n) is 5.22. The van der Waals surface area contributed by atoms with Crippen LogP contribution in [-0.4, -0.2) is 14.1 Å². The van der Waals surface area contributed by atoms with Gasteiger partial charge in [-0.2, -0.15) is 0 Å². The van der Waals surface area contributed by atoms with Gasteiger partial charge < -0.3 is 10.2 Å². The van der Waals surface area contributed by atoms with E-state index in [4.69, 9.17) is 0 Å². The van der Waals surface area contributed by atoms with E-state index in [1.807, 2.05) is 0 Å². The highest BCUT2D eigenvalue weighted by Gasteiger charge is 2.05. The molecule has 2 aromatic carbocycles. The number of hydrogen-bond donors (Lipinski definition) is 1. The number of halogens is 1. The monoisotopic (exact) mass is 332 g/mol. The summed E-state index contributed by atoms with van der Waals surface area (Å²) in [7, 11) is 4.12. The molecular formula is C17H21BrN2. The first-order valence-corrected chi connectivity index (χ1v) is 7.60. The second-order valence-corrected chi connectivity index (χ2v) is 6.13. The normalized spacial score (nSPS) is 12.2. The van der Waals surface area contributed by atoms with Gasteiger partial charge in [-0.15, -0.1) is 0 Å². The van der Waals surface area contributed by atoms with Gasteiger partial charge in [0.15, 0.2) is 0 Å². The first-order valence-electron chi connectivity index (χ1n) is 6.81. The first-order chi connectivity index (χ1) is 9.56.